The van der Waals surface area contributed by atoms with Gasteiger partial charge >= 0.3 is 0 Å². The first-order valence-corrected chi connectivity index (χ1v) is 8.08. The van der Waals surface area contributed by atoms with Gasteiger partial charge in [0, 0.05) is 13.6 Å². The van der Waals surface area contributed by atoms with E-state index in [0.29, 0.717) is 23.3 Å². The van der Waals surface area contributed by atoms with Crippen molar-refractivity contribution in [2.24, 2.45) is 7.05 Å². The average molecular weight is 320 g/mol. The first-order chi connectivity index (χ1) is 10.7. The summed E-state index contributed by atoms with van der Waals surface area (Å²) in [4.78, 5) is 11.7. The number of hydrogen-bond acceptors (Lipinski definition) is 5. The molecule has 2 aromatic rings. The van der Waals surface area contributed by atoms with Crippen LogP contribution >= 0.6 is 11.8 Å². The topological polar surface area (TPSA) is 69.0 Å². The number of rotatable bonds is 7. The summed E-state index contributed by atoms with van der Waals surface area (Å²) in [5.41, 5.74) is 0.877. The number of amides is 1. The minimum Gasteiger partial charge on any atom is -0.496 e. The summed E-state index contributed by atoms with van der Waals surface area (Å²) in [6, 6.07) is 7.66. The van der Waals surface area contributed by atoms with Gasteiger partial charge in [0.1, 0.15) is 5.75 Å². The summed E-state index contributed by atoms with van der Waals surface area (Å²) >= 11 is 1.37. The highest BCUT2D eigenvalue weighted by atomic mass is 32.2. The van der Waals surface area contributed by atoms with Gasteiger partial charge < -0.3 is 14.6 Å². The number of thioether (sulfide) groups is 1. The maximum absolute atomic E-state index is 11.7. The van der Waals surface area contributed by atoms with E-state index in [1.54, 1.807) is 7.11 Å². The molecule has 0 radical (unpaired) electrons. The summed E-state index contributed by atoms with van der Waals surface area (Å²) < 4.78 is 7.23. The number of hydrogen-bond donors (Lipinski definition) is 1. The van der Waals surface area contributed by atoms with E-state index in [1.165, 1.54) is 11.8 Å². The standard InChI is InChI=1S/C15H20N4O2S/c1-4-9-16-13(20)10-22-15-18-17-14(19(15)2)11-7-5-6-8-12(11)21-3/h5-8H,4,9-10H2,1-3H3,(H,16,20). The average Bonchev–Trinajstić information content (AvgIpc) is 2.91. The Hall–Kier alpha value is -2.02. The molecule has 1 aromatic carbocycles. The second-order valence-electron chi connectivity index (χ2n) is 4.70. The smallest absolute Gasteiger partial charge is 0.230 e. The number of nitrogens with one attached hydrogen (secondary N) is 1. The Morgan fingerprint density at radius 1 is 1.36 bits per heavy atom. The third-order valence-corrected chi connectivity index (χ3v) is 4.11. The Morgan fingerprint density at radius 2 is 2.14 bits per heavy atom. The zero-order valence-electron chi connectivity index (χ0n) is 13.0. The molecule has 0 aliphatic carbocycles. The fourth-order valence-electron chi connectivity index (χ4n) is 1.95. The third-order valence-electron chi connectivity index (χ3n) is 3.09. The summed E-state index contributed by atoms with van der Waals surface area (Å²) in [5, 5.41) is 11.9. The van der Waals surface area contributed by atoms with Crippen LogP contribution in [0.2, 0.25) is 0 Å². The number of carbonyl (C=O) groups excluding carboxylic acids is 1. The van der Waals surface area contributed by atoms with Crippen molar-refractivity contribution in [2.75, 3.05) is 19.4 Å². The van der Waals surface area contributed by atoms with Crippen LogP contribution < -0.4 is 10.1 Å². The van der Waals surface area contributed by atoms with Gasteiger partial charge in [0.2, 0.25) is 5.91 Å². The Bertz CT molecular complexity index is 642. The van der Waals surface area contributed by atoms with Crippen molar-refractivity contribution < 1.29 is 9.53 Å². The summed E-state index contributed by atoms with van der Waals surface area (Å²) in [6.07, 6.45) is 0.929. The fraction of sp³-hybridized carbons (Fsp3) is 0.400. The van der Waals surface area contributed by atoms with E-state index >= 15 is 0 Å². The minimum absolute atomic E-state index is 0.00805. The van der Waals surface area contributed by atoms with Crippen molar-refractivity contribution in [1.29, 1.82) is 0 Å². The van der Waals surface area contributed by atoms with Gasteiger partial charge in [-0.05, 0) is 18.6 Å². The molecule has 0 unspecified atom stereocenters. The van der Waals surface area contributed by atoms with Crippen molar-refractivity contribution in [3.05, 3.63) is 24.3 Å². The SMILES string of the molecule is CCCNC(=O)CSc1nnc(-c2ccccc2OC)n1C. The molecule has 0 aliphatic rings. The van der Waals surface area contributed by atoms with Crippen LogP contribution in [0.25, 0.3) is 11.4 Å². The van der Waals surface area contributed by atoms with Crippen LogP contribution in [0.1, 0.15) is 13.3 Å². The van der Waals surface area contributed by atoms with Crippen molar-refractivity contribution >= 4 is 17.7 Å². The lowest BCUT2D eigenvalue weighted by molar-refractivity contribution is -0.118. The predicted molar refractivity (Wildman–Crippen MR) is 87.0 cm³/mol. The number of para-hydroxylation sites is 1. The Balaban J connectivity index is 2.11. The number of methoxy groups -OCH3 is 1. The van der Waals surface area contributed by atoms with Gasteiger partial charge in [-0.15, -0.1) is 10.2 Å². The molecule has 6 nitrogen and oxygen atoms in total. The first-order valence-electron chi connectivity index (χ1n) is 7.09. The van der Waals surface area contributed by atoms with Crippen molar-refractivity contribution in [3.63, 3.8) is 0 Å². The molecule has 118 valence electrons. The van der Waals surface area contributed by atoms with E-state index in [2.05, 4.69) is 15.5 Å². The maximum Gasteiger partial charge on any atom is 0.230 e. The molecule has 7 heteroatoms. The molecule has 1 heterocycles. The lowest BCUT2D eigenvalue weighted by Gasteiger charge is -2.08. The zero-order chi connectivity index (χ0) is 15.9. The predicted octanol–water partition coefficient (Wildman–Crippen LogP) is 2.11. The number of nitrogens with zero attached hydrogens (tertiary/aromatic N) is 3. The Labute approximate surface area is 134 Å². The first kappa shape index (κ1) is 16.4. The van der Waals surface area contributed by atoms with E-state index < -0.39 is 0 Å². The Kier molecular flexibility index (Phi) is 5.83. The number of carbonyl (C=O) groups is 1. The van der Waals surface area contributed by atoms with Crippen molar-refractivity contribution in [1.82, 2.24) is 20.1 Å². The van der Waals surface area contributed by atoms with Crippen molar-refractivity contribution in [3.8, 4) is 17.1 Å². The highest BCUT2D eigenvalue weighted by molar-refractivity contribution is 7.99. The molecule has 1 aromatic heterocycles. The van der Waals surface area contributed by atoms with Gasteiger partial charge in [0.05, 0.1) is 18.4 Å². The highest BCUT2D eigenvalue weighted by Crippen LogP contribution is 2.29. The number of ether oxygens (including phenoxy) is 1. The zero-order valence-corrected chi connectivity index (χ0v) is 13.8. The summed E-state index contributed by atoms with van der Waals surface area (Å²) in [6.45, 7) is 2.72. The molecular formula is C15H20N4O2S. The lowest BCUT2D eigenvalue weighted by Crippen LogP contribution is -2.25. The molecule has 2 rings (SSSR count). The van der Waals surface area contributed by atoms with E-state index in [0.717, 1.165) is 17.7 Å². The van der Waals surface area contributed by atoms with Crippen LogP contribution in [0.3, 0.4) is 0 Å². The molecule has 1 N–H and O–H groups in total. The van der Waals surface area contributed by atoms with Crippen LogP contribution in [0, 0.1) is 0 Å². The van der Waals surface area contributed by atoms with Gasteiger partial charge in [0.15, 0.2) is 11.0 Å². The second kappa shape index (κ2) is 7.84. The van der Waals surface area contributed by atoms with Crippen LogP contribution in [0.15, 0.2) is 29.4 Å². The molecule has 0 spiro atoms. The van der Waals surface area contributed by atoms with Gasteiger partial charge in [0.25, 0.3) is 0 Å². The quantitative estimate of drug-likeness (QED) is 0.791. The van der Waals surface area contributed by atoms with Crippen LogP contribution in [-0.4, -0.2) is 40.1 Å². The van der Waals surface area contributed by atoms with Crippen molar-refractivity contribution in [2.45, 2.75) is 18.5 Å². The van der Waals surface area contributed by atoms with Crippen LogP contribution in [0.5, 0.6) is 5.75 Å². The van der Waals surface area contributed by atoms with E-state index in [9.17, 15) is 4.79 Å². The van der Waals surface area contributed by atoms with Gasteiger partial charge in [-0.3, -0.25) is 4.79 Å². The molecular weight excluding hydrogens is 300 g/mol. The summed E-state index contributed by atoms with van der Waals surface area (Å²) in [7, 11) is 3.51. The van der Waals surface area contributed by atoms with Gasteiger partial charge in [-0.25, -0.2) is 0 Å². The second-order valence-corrected chi connectivity index (χ2v) is 5.65. The lowest BCUT2D eigenvalue weighted by atomic mass is 10.2. The van der Waals surface area contributed by atoms with E-state index in [-0.39, 0.29) is 5.91 Å². The largest absolute Gasteiger partial charge is 0.496 e. The molecule has 22 heavy (non-hydrogen) atoms. The maximum atomic E-state index is 11.7. The molecule has 0 atom stereocenters. The molecule has 0 saturated carbocycles. The highest BCUT2D eigenvalue weighted by Gasteiger charge is 2.15. The molecule has 0 bridgehead atoms. The normalized spacial score (nSPS) is 10.5. The van der Waals surface area contributed by atoms with Crippen LogP contribution in [-0.2, 0) is 11.8 Å². The van der Waals surface area contributed by atoms with Gasteiger partial charge in [-0.1, -0.05) is 30.8 Å². The number of aromatic nitrogens is 3. The van der Waals surface area contributed by atoms with Gasteiger partial charge in [-0.2, -0.15) is 0 Å². The van der Waals surface area contributed by atoms with E-state index in [1.807, 2.05) is 42.8 Å². The fourth-order valence-corrected chi connectivity index (χ4v) is 2.69. The molecule has 0 fully saturated rings. The minimum atomic E-state index is 0.00805. The number of benzene rings is 1. The Morgan fingerprint density at radius 3 is 2.86 bits per heavy atom. The third kappa shape index (κ3) is 3.79. The monoisotopic (exact) mass is 320 g/mol. The molecule has 0 aliphatic heterocycles. The van der Waals surface area contributed by atoms with E-state index in [4.69, 9.17) is 4.74 Å². The molecule has 0 saturated heterocycles. The van der Waals surface area contributed by atoms with Crippen LogP contribution in [0.4, 0.5) is 0 Å². The summed E-state index contributed by atoms with van der Waals surface area (Å²) in [5.74, 6) is 1.80. The molecule has 1 amide bonds.